The van der Waals surface area contributed by atoms with Crippen molar-refractivity contribution in [3.8, 4) is 0 Å². The van der Waals surface area contributed by atoms with Crippen molar-refractivity contribution in [2.45, 2.75) is 224 Å². The van der Waals surface area contributed by atoms with Crippen molar-refractivity contribution in [3.05, 3.63) is 36.5 Å². The van der Waals surface area contributed by atoms with Crippen LogP contribution in [0, 0.1) is 5.41 Å². The first kappa shape index (κ1) is 51.9. The van der Waals surface area contributed by atoms with E-state index in [1.54, 1.807) is 0 Å². The van der Waals surface area contributed by atoms with Gasteiger partial charge in [-0.3, -0.25) is 4.79 Å². The molecule has 6 atom stereocenters. The Balaban J connectivity index is 1.47. The summed E-state index contributed by atoms with van der Waals surface area (Å²) in [5.41, 5.74) is -1.61. The first-order valence-electron chi connectivity index (χ1n) is 22.4. The molecular weight excluding hydrogens is 801 g/mol. The maximum absolute atomic E-state index is 13.2. The molecule has 0 aromatic rings. The van der Waals surface area contributed by atoms with Crippen LogP contribution >= 0.6 is 23.5 Å². The molecule has 0 heterocycles. The Morgan fingerprint density at radius 2 is 1.22 bits per heavy atom. The molecule has 0 aromatic carbocycles. The molecule has 60 heavy (non-hydrogen) atoms. The molecule has 0 saturated heterocycles. The van der Waals surface area contributed by atoms with E-state index in [1.807, 2.05) is 98.8 Å². The fraction of sp³-hybridized carbons (Fsp3) is 0.787. The van der Waals surface area contributed by atoms with E-state index in [-0.39, 0.29) is 52.2 Å². The van der Waals surface area contributed by atoms with E-state index >= 15 is 0 Å². The lowest BCUT2D eigenvalue weighted by atomic mass is 9.91. The zero-order chi connectivity index (χ0) is 44.6. The summed E-state index contributed by atoms with van der Waals surface area (Å²) in [6.07, 6.45) is 22.0. The molecule has 3 rings (SSSR count). The zero-order valence-electron chi connectivity index (χ0n) is 38.6. The summed E-state index contributed by atoms with van der Waals surface area (Å²) in [6, 6.07) is -0.289. The number of nitrogens with one attached hydrogen (secondary N) is 2. The third kappa shape index (κ3) is 21.1. The number of carbonyl (C=O) groups excluding carboxylic acids is 4. The van der Waals surface area contributed by atoms with Crippen molar-refractivity contribution in [2.24, 2.45) is 5.41 Å². The fourth-order valence-corrected chi connectivity index (χ4v) is 8.45. The summed E-state index contributed by atoms with van der Waals surface area (Å²) in [5, 5.41) is 5.79. The summed E-state index contributed by atoms with van der Waals surface area (Å²) in [7, 11) is 0. The average Bonchev–Trinajstić information content (AvgIpc) is 3.09. The Labute approximate surface area is 370 Å². The molecule has 0 fully saturated rings. The van der Waals surface area contributed by atoms with Crippen molar-refractivity contribution in [3.63, 3.8) is 0 Å². The van der Waals surface area contributed by atoms with Gasteiger partial charge < -0.3 is 34.3 Å². The molecular formula is C47H78N2O9S2. The highest BCUT2D eigenvalue weighted by molar-refractivity contribution is 8.14. The van der Waals surface area contributed by atoms with Crippen LogP contribution in [0.25, 0.3) is 0 Å². The molecule has 0 spiro atoms. The number of thioether (sulfide) groups is 2. The predicted molar refractivity (Wildman–Crippen MR) is 245 cm³/mol. The number of alkyl carbamates (subject to hydrolysis) is 1. The van der Waals surface area contributed by atoms with E-state index in [9.17, 15) is 19.2 Å². The van der Waals surface area contributed by atoms with Crippen molar-refractivity contribution in [1.82, 2.24) is 10.6 Å². The number of carbonyl (C=O) groups is 4. The summed E-state index contributed by atoms with van der Waals surface area (Å²) < 4.78 is 30.0. The molecule has 0 bridgehead atoms. The van der Waals surface area contributed by atoms with Gasteiger partial charge in [-0.2, -0.15) is 0 Å². The third-order valence-electron chi connectivity index (χ3n) is 10.7. The fourth-order valence-electron chi connectivity index (χ4n) is 7.14. The van der Waals surface area contributed by atoms with E-state index in [0.717, 1.165) is 88.8 Å². The van der Waals surface area contributed by atoms with Crippen LogP contribution < -0.4 is 10.6 Å². The van der Waals surface area contributed by atoms with Crippen LogP contribution in [-0.2, 0) is 28.5 Å². The van der Waals surface area contributed by atoms with Gasteiger partial charge in [0.25, 0.3) is 0 Å². The van der Waals surface area contributed by atoms with E-state index in [2.05, 4.69) is 24.5 Å². The van der Waals surface area contributed by atoms with Crippen molar-refractivity contribution in [2.75, 3.05) is 6.61 Å². The van der Waals surface area contributed by atoms with Crippen molar-refractivity contribution in [1.29, 1.82) is 0 Å². The summed E-state index contributed by atoms with van der Waals surface area (Å²) in [4.78, 5) is 51.5. The van der Waals surface area contributed by atoms with Crippen LogP contribution in [0.4, 0.5) is 14.4 Å². The van der Waals surface area contributed by atoms with Gasteiger partial charge in [-0.1, -0.05) is 72.1 Å². The van der Waals surface area contributed by atoms with E-state index in [0.29, 0.717) is 19.4 Å². The highest BCUT2D eigenvalue weighted by Crippen LogP contribution is 2.31. The first-order valence-corrected chi connectivity index (χ1v) is 24.1. The lowest BCUT2D eigenvalue weighted by Gasteiger charge is -2.35. The topological polar surface area (TPSA) is 138 Å². The van der Waals surface area contributed by atoms with Gasteiger partial charge in [0.1, 0.15) is 18.3 Å². The molecule has 2 amide bonds. The van der Waals surface area contributed by atoms with Crippen molar-refractivity contribution >= 4 is 46.1 Å². The second-order valence-corrected chi connectivity index (χ2v) is 23.0. The maximum atomic E-state index is 13.2. The number of allylic oxidation sites excluding steroid dienone is 1. The molecule has 0 aliphatic heterocycles. The molecule has 0 aromatic heterocycles. The molecule has 0 saturated carbocycles. The monoisotopic (exact) mass is 879 g/mol. The third-order valence-corrected chi connectivity index (χ3v) is 12.4. The lowest BCUT2D eigenvalue weighted by molar-refractivity contribution is -0.130. The zero-order valence-corrected chi connectivity index (χ0v) is 40.2. The predicted octanol–water partition coefficient (Wildman–Crippen LogP) is 11.8. The molecule has 0 radical (unpaired) electrons. The van der Waals surface area contributed by atoms with Gasteiger partial charge in [-0.05, 0) is 154 Å². The summed E-state index contributed by atoms with van der Waals surface area (Å²) in [6.45, 7) is 22.0. The van der Waals surface area contributed by atoms with E-state index in [1.165, 1.54) is 11.8 Å². The SMILES string of the molecule is CC(C)SC(=O)OC1/C=C/C(OCC(C)(C)SC(=O)OC2/C=C/C(OC(C)(C)CCC(C)(C)NC(=O)OC3/C=C/CCCCC3NC(=O)C(C)(C)C)CCCC2)CCCC1. The van der Waals surface area contributed by atoms with E-state index < -0.39 is 33.5 Å². The minimum absolute atomic E-state index is 0.0635. The van der Waals surface area contributed by atoms with Crippen LogP contribution in [0.3, 0.4) is 0 Å². The van der Waals surface area contributed by atoms with Crippen LogP contribution in [-0.4, -0.2) is 86.9 Å². The Hall–Kier alpha value is -2.48. The molecule has 6 unspecified atom stereocenters. The summed E-state index contributed by atoms with van der Waals surface area (Å²) >= 11 is 2.35. The highest BCUT2D eigenvalue weighted by Gasteiger charge is 2.33. The minimum atomic E-state index is -0.572. The molecule has 3 aliphatic carbocycles. The van der Waals surface area contributed by atoms with Crippen LogP contribution in [0.5, 0.6) is 0 Å². The van der Waals surface area contributed by atoms with Crippen molar-refractivity contribution < 1.29 is 42.9 Å². The highest BCUT2D eigenvalue weighted by atomic mass is 32.2. The van der Waals surface area contributed by atoms with Gasteiger partial charge >= 0.3 is 16.7 Å². The number of hydrogen-bond acceptors (Lipinski definition) is 11. The van der Waals surface area contributed by atoms with Crippen LogP contribution in [0.2, 0.25) is 0 Å². The average molecular weight is 879 g/mol. The number of ether oxygens (including phenoxy) is 5. The number of rotatable bonds is 15. The van der Waals surface area contributed by atoms with Gasteiger partial charge in [-0.15, -0.1) is 0 Å². The van der Waals surface area contributed by atoms with Crippen LogP contribution in [0.1, 0.15) is 166 Å². The largest absolute Gasteiger partial charge is 0.450 e. The van der Waals surface area contributed by atoms with Gasteiger partial charge in [0.15, 0.2) is 0 Å². The van der Waals surface area contributed by atoms with Gasteiger partial charge in [0, 0.05) is 21.0 Å². The molecule has 342 valence electrons. The maximum Gasteiger partial charge on any atom is 0.408 e. The number of amides is 2. The molecule has 13 heteroatoms. The normalized spacial score (nSPS) is 26.4. The minimum Gasteiger partial charge on any atom is -0.450 e. The van der Waals surface area contributed by atoms with Gasteiger partial charge in [-0.25, -0.2) is 14.4 Å². The Morgan fingerprint density at radius 1 is 0.667 bits per heavy atom. The Morgan fingerprint density at radius 3 is 1.83 bits per heavy atom. The second kappa shape index (κ2) is 24.4. The van der Waals surface area contributed by atoms with Gasteiger partial charge in [0.2, 0.25) is 5.91 Å². The quantitative estimate of drug-likeness (QED) is 0.0923. The standard InChI is InChI=1S/C47H78N2O9S2/c1-33(2)59-42(52)55-35-21-17-16-20-34(26-27-35)54-32-47(10,11)60-43(53)56-36-22-18-19-23-37(29-28-36)58-46(8,9)31-30-45(6,7)49-41(51)57-39-25-15-13-12-14-24-38(39)48-40(50)44(3,4)5/h15,25-29,33-39H,12-14,16-24,30-32H2,1-11H3,(H,48,50)(H,49,51)/b25-15+,27-26+,29-28+. The molecule has 2 N–H and O–H groups in total. The molecule has 3 aliphatic rings. The van der Waals surface area contributed by atoms with Gasteiger partial charge in [0.05, 0.1) is 30.5 Å². The van der Waals surface area contributed by atoms with E-state index in [4.69, 9.17) is 23.7 Å². The number of hydrogen-bond donors (Lipinski definition) is 2. The Bertz CT molecular complexity index is 1470. The first-order chi connectivity index (χ1) is 28.0. The molecule has 11 nitrogen and oxygen atoms in total. The lowest BCUT2D eigenvalue weighted by Crippen LogP contribution is -2.51. The smallest absolute Gasteiger partial charge is 0.408 e. The van der Waals surface area contributed by atoms with Crippen LogP contribution in [0.15, 0.2) is 36.5 Å². The summed E-state index contributed by atoms with van der Waals surface area (Å²) in [5.74, 6) is -0.0635. The second-order valence-electron chi connectivity index (χ2n) is 19.9. The Kier molecular flexibility index (Phi) is 21.1.